The van der Waals surface area contributed by atoms with E-state index in [1.54, 1.807) is 0 Å². The normalized spacial score (nSPS) is 34.6. The average Bonchev–Trinajstić information content (AvgIpc) is 2.44. The third kappa shape index (κ3) is 4.42. The van der Waals surface area contributed by atoms with Gasteiger partial charge in [0.05, 0.1) is 6.61 Å². The number of nitrogens with zero attached hydrogens (tertiary/aromatic N) is 2. The summed E-state index contributed by atoms with van der Waals surface area (Å²) in [4.78, 5) is 4.92. The van der Waals surface area contributed by atoms with E-state index < -0.39 is 0 Å². The van der Waals surface area contributed by atoms with E-state index in [4.69, 9.17) is 0 Å². The predicted molar refractivity (Wildman–Crippen MR) is 79.4 cm³/mol. The first-order valence-electron chi connectivity index (χ1n) is 7.90. The van der Waals surface area contributed by atoms with Gasteiger partial charge in [0, 0.05) is 44.8 Å². The van der Waals surface area contributed by atoms with E-state index in [0.717, 1.165) is 31.8 Å². The van der Waals surface area contributed by atoms with E-state index in [1.807, 2.05) is 0 Å². The fourth-order valence-corrected chi connectivity index (χ4v) is 3.26. The molecule has 2 fully saturated rings. The molecule has 0 radical (unpaired) electrons. The fourth-order valence-electron chi connectivity index (χ4n) is 3.26. The topological polar surface area (TPSA) is 38.7 Å². The third-order valence-corrected chi connectivity index (χ3v) is 5.06. The Labute approximate surface area is 118 Å². The average molecular weight is 269 g/mol. The molecule has 19 heavy (non-hydrogen) atoms. The largest absolute Gasteiger partial charge is 0.394 e. The molecule has 2 N–H and O–H groups in total. The summed E-state index contributed by atoms with van der Waals surface area (Å²) in [5, 5.41) is 13.4. The molecule has 2 aliphatic rings. The Balaban J connectivity index is 1.68. The lowest BCUT2D eigenvalue weighted by molar-refractivity contribution is 0.0966. The second-order valence-corrected chi connectivity index (χ2v) is 6.69. The zero-order valence-electron chi connectivity index (χ0n) is 12.7. The standard InChI is InChI=1S/C15H31N3O/c1-14-3-5-15(13-19,6-4-14)16-7-8-18-11-9-17(2)10-12-18/h14,16,19H,3-13H2,1-2H3. The van der Waals surface area contributed by atoms with Crippen molar-refractivity contribution in [2.45, 2.75) is 38.1 Å². The van der Waals surface area contributed by atoms with Crippen molar-refractivity contribution < 1.29 is 5.11 Å². The number of piperazine rings is 1. The second-order valence-electron chi connectivity index (χ2n) is 6.69. The van der Waals surface area contributed by atoms with E-state index in [2.05, 4.69) is 29.1 Å². The Hall–Kier alpha value is -0.160. The molecule has 1 aliphatic carbocycles. The van der Waals surface area contributed by atoms with Crippen molar-refractivity contribution in [1.29, 1.82) is 0 Å². The van der Waals surface area contributed by atoms with Crippen LogP contribution in [-0.4, -0.2) is 73.4 Å². The minimum absolute atomic E-state index is 0.0130. The lowest BCUT2D eigenvalue weighted by Gasteiger charge is -2.40. The van der Waals surface area contributed by atoms with Gasteiger partial charge in [0.1, 0.15) is 0 Å². The fraction of sp³-hybridized carbons (Fsp3) is 1.00. The zero-order valence-corrected chi connectivity index (χ0v) is 12.7. The van der Waals surface area contributed by atoms with Crippen molar-refractivity contribution in [1.82, 2.24) is 15.1 Å². The van der Waals surface area contributed by atoms with Crippen molar-refractivity contribution in [3.05, 3.63) is 0 Å². The Bertz CT molecular complexity index is 256. The summed E-state index contributed by atoms with van der Waals surface area (Å²) in [6, 6.07) is 0. The molecule has 1 saturated heterocycles. The molecule has 0 aromatic carbocycles. The number of aliphatic hydroxyl groups is 1. The monoisotopic (exact) mass is 269 g/mol. The maximum Gasteiger partial charge on any atom is 0.0613 e. The van der Waals surface area contributed by atoms with Gasteiger partial charge in [0.15, 0.2) is 0 Å². The van der Waals surface area contributed by atoms with Gasteiger partial charge in [-0.05, 0) is 38.6 Å². The number of likely N-dealkylation sites (N-methyl/N-ethyl adjacent to an activating group) is 1. The molecule has 1 saturated carbocycles. The van der Waals surface area contributed by atoms with E-state index in [9.17, 15) is 5.11 Å². The molecule has 0 spiro atoms. The Kier molecular flexibility index (Phi) is 5.63. The molecular formula is C15H31N3O. The molecule has 0 amide bonds. The van der Waals surface area contributed by atoms with E-state index >= 15 is 0 Å². The van der Waals surface area contributed by atoms with Gasteiger partial charge in [-0.15, -0.1) is 0 Å². The van der Waals surface area contributed by atoms with Crippen LogP contribution >= 0.6 is 0 Å². The summed E-state index contributed by atoms with van der Waals surface area (Å²) in [7, 11) is 2.19. The minimum Gasteiger partial charge on any atom is -0.394 e. The van der Waals surface area contributed by atoms with Crippen LogP contribution in [0, 0.1) is 5.92 Å². The zero-order chi connectivity index (χ0) is 13.7. The highest BCUT2D eigenvalue weighted by atomic mass is 16.3. The molecule has 0 atom stereocenters. The van der Waals surface area contributed by atoms with Gasteiger partial charge in [0.2, 0.25) is 0 Å². The van der Waals surface area contributed by atoms with Crippen LogP contribution in [0.3, 0.4) is 0 Å². The maximum absolute atomic E-state index is 9.72. The van der Waals surface area contributed by atoms with Gasteiger partial charge >= 0.3 is 0 Å². The van der Waals surface area contributed by atoms with Crippen LogP contribution < -0.4 is 5.32 Å². The summed E-state index contributed by atoms with van der Waals surface area (Å²) < 4.78 is 0. The molecule has 4 nitrogen and oxygen atoms in total. The highest BCUT2D eigenvalue weighted by molar-refractivity contribution is 4.92. The number of hydrogen-bond donors (Lipinski definition) is 2. The van der Waals surface area contributed by atoms with E-state index in [1.165, 1.54) is 39.0 Å². The molecule has 1 aliphatic heterocycles. The highest BCUT2D eigenvalue weighted by Crippen LogP contribution is 2.31. The third-order valence-electron chi connectivity index (χ3n) is 5.06. The Morgan fingerprint density at radius 3 is 2.37 bits per heavy atom. The van der Waals surface area contributed by atoms with Crippen LogP contribution in [-0.2, 0) is 0 Å². The van der Waals surface area contributed by atoms with Gasteiger partial charge in [-0.25, -0.2) is 0 Å². The lowest BCUT2D eigenvalue weighted by Crippen LogP contribution is -2.54. The van der Waals surface area contributed by atoms with Crippen molar-refractivity contribution in [2.24, 2.45) is 5.92 Å². The molecule has 112 valence electrons. The first kappa shape index (κ1) is 15.2. The summed E-state index contributed by atoms with van der Waals surface area (Å²) in [5.41, 5.74) is 0.0130. The first-order valence-corrected chi connectivity index (χ1v) is 7.90. The minimum atomic E-state index is 0.0130. The summed E-state index contributed by atoms with van der Waals surface area (Å²) in [5.74, 6) is 0.833. The quantitative estimate of drug-likeness (QED) is 0.773. The molecule has 0 unspecified atom stereocenters. The Morgan fingerprint density at radius 2 is 1.79 bits per heavy atom. The molecule has 4 heteroatoms. The van der Waals surface area contributed by atoms with Gasteiger partial charge in [-0.3, -0.25) is 4.90 Å². The molecule has 0 bridgehead atoms. The van der Waals surface area contributed by atoms with Gasteiger partial charge in [-0.2, -0.15) is 0 Å². The van der Waals surface area contributed by atoms with Gasteiger partial charge in [-0.1, -0.05) is 6.92 Å². The summed E-state index contributed by atoms with van der Waals surface area (Å²) in [6.45, 7) is 9.48. The number of aliphatic hydroxyl groups excluding tert-OH is 1. The Morgan fingerprint density at radius 1 is 1.16 bits per heavy atom. The van der Waals surface area contributed by atoms with Crippen molar-refractivity contribution in [3.8, 4) is 0 Å². The summed E-state index contributed by atoms with van der Waals surface area (Å²) in [6.07, 6.45) is 4.77. The van der Waals surface area contributed by atoms with Crippen LogP contribution in [0.25, 0.3) is 0 Å². The maximum atomic E-state index is 9.72. The van der Waals surface area contributed by atoms with E-state index in [0.29, 0.717) is 6.61 Å². The van der Waals surface area contributed by atoms with Gasteiger partial charge < -0.3 is 15.3 Å². The molecule has 0 aromatic heterocycles. The van der Waals surface area contributed by atoms with Gasteiger partial charge in [0.25, 0.3) is 0 Å². The molecule has 0 aromatic rings. The van der Waals surface area contributed by atoms with Crippen molar-refractivity contribution in [3.63, 3.8) is 0 Å². The molecule has 2 rings (SSSR count). The highest BCUT2D eigenvalue weighted by Gasteiger charge is 2.32. The van der Waals surface area contributed by atoms with Crippen LogP contribution in [0.2, 0.25) is 0 Å². The molecular weight excluding hydrogens is 238 g/mol. The van der Waals surface area contributed by atoms with Crippen molar-refractivity contribution in [2.75, 3.05) is 52.9 Å². The molecule has 1 heterocycles. The summed E-state index contributed by atoms with van der Waals surface area (Å²) >= 11 is 0. The van der Waals surface area contributed by atoms with Crippen LogP contribution in [0.5, 0.6) is 0 Å². The lowest BCUT2D eigenvalue weighted by atomic mass is 9.77. The second kappa shape index (κ2) is 7.02. The SMILES string of the molecule is CC1CCC(CO)(NCCN2CCN(C)CC2)CC1. The van der Waals surface area contributed by atoms with Crippen LogP contribution in [0.1, 0.15) is 32.6 Å². The first-order chi connectivity index (χ1) is 9.13. The predicted octanol–water partition coefficient (Wildman–Crippen LogP) is 0.765. The van der Waals surface area contributed by atoms with Crippen molar-refractivity contribution >= 4 is 0 Å². The number of nitrogens with one attached hydrogen (secondary N) is 1. The smallest absolute Gasteiger partial charge is 0.0613 e. The van der Waals surface area contributed by atoms with Crippen LogP contribution in [0.15, 0.2) is 0 Å². The van der Waals surface area contributed by atoms with E-state index in [-0.39, 0.29) is 5.54 Å². The van der Waals surface area contributed by atoms with Crippen LogP contribution in [0.4, 0.5) is 0 Å². The number of hydrogen-bond acceptors (Lipinski definition) is 4. The number of rotatable bonds is 5.